The molecule has 0 aliphatic carbocycles. The van der Waals surface area contributed by atoms with Gasteiger partial charge >= 0.3 is 5.97 Å². The maximum atomic E-state index is 10.4. The van der Waals surface area contributed by atoms with Crippen molar-refractivity contribution in [2.75, 3.05) is 0 Å². The number of carbonyl (C=O) groups is 1. The van der Waals surface area contributed by atoms with Crippen LogP contribution in [0.4, 0.5) is 0 Å². The highest BCUT2D eigenvalue weighted by atomic mass is 35.5. The Hall–Kier alpha value is -1.75. The van der Waals surface area contributed by atoms with Crippen LogP contribution in [0.2, 0.25) is 5.22 Å². The lowest BCUT2D eigenvalue weighted by Gasteiger charge is -1.88. The zero-order valence-corrected chi connectivity index (χ0v) is 8.19. The van der Waals surface area contributed by atoms with Crippen molar-refractivity contribution in [2.24, 2.45) is 0 Å². The van der Waals surface area contributed by atoms with Gasteiger partial charge in [0.2, 0.25) is 0 Å². The fraction of sp³-hybridized carbons (Fsp3) is 0.111. The van der Waals surface area contributed by atoms with Crippen molar-refractivity contribution in [1.29, 1.82) is 0 Å². The molecule has 0 fully saturated rings. The molecule has 2 heterocycles. The Labute approximate surface area is 89.3 Å². The summed E-state index contributed by atoms with van der Waals surface area (Å²) in [5.74, 6) is -0.116. The van der Waals surface area contributed by atoms with Crippen molar-refractivity contribution in [3.05, 3.63) is 29.3 Å². The average Bonchev–Trinajstić information content (AvgIpc) is 2.72. The van der Waals surface area contributed by atoms with Gasteiger partial charge in [-0.25, -0.2) is 4.98 Å². The van der Waals surface area contributed by atoms with Gasteiger partial charge in [-0.1, -0.05) is 0 Å². The molecule has 0 atom stereocenters. The minimum Gasteiger partial charge on any atom is -0.481 e. The van der Waals surface area contributed by atoms with Crippen LogP contribution in [0.3, 0.4) is 0 Å². The number of oxazole rings is 1. The van der Waals surface area contributed by atoms with E-state index in [2.05, 4.69) is 4.98 Å². The van der Waals surface area contributed by atoms with Crippen molar-refractivity contribution in [3.8, 4) is 11.7 Å². The molecular formula is C9H6ClNO4. The molecule has 2 rings (SSSR count). The van der Waals surface area contributed by atoms with Gasteiger partial charge < -0.3 is 13.9 Å². The van der Waals surface area contributed by atoms with Crippen LogP contribution in [0, 0.1) is 0 Å². The van der Waals surface area contributed by atoms with E-state index >= 15 is 0 Å². The Kier molecular flexibility index (Phi) is 2.47. The van der Waals surface area contributed by atoms with Crippen molar-refractivity contribution in [1.82, 2.24) is 4.98 Å². The van der Waals surface area contributed by atoms with E-state index in [0.29, 0.717) is 5.76 Å². The summed E-state index contributed by atoms with van der Waals surface area (Å²) in [4.78, 5) is 14.3. The van der Waals surface area contributed by atoms with Gasteiger partial charge in [-0.15, -0.1) is 0 Å². The summed E-state index contributed by atoms with van der Waals surface area (Å²) in [7, 11) is 0. The molecule has 0 amide bonds. The molecule has 0 saturated heterocycles. The van der Waals surface area contributed by atoms with Crippen molar-refractivity contribution in [3.63, 3.8) is 0 Å². The van der Waals surface area contributed by atoms with Crippen LogP contribution in [-0.4, -0.2) is 16.1 Å². The topological polar surface area (TPSA) is 76.5 Å². The number of carboxylic acids is 1. The molecule has 0 radical (unpaired) electrons. The van der Waals surface area contributed by atoms with Gasteiger partial charge in [-0.3, -0.25) is 4.79 Å². The van der Waals surface area contributed by atoms with Gasteiger partial charge in [-0.05, 0) is 23.7 Å². The molecule has 0 aromatic carbocycles. The normalized spacial score (nSPS) is 10.5. The number of nitrogens with zero attached hydrogens (tertiary/aromatic N) is 1. The lowest BCUT2D eigenvalue weighted by atomic mass is 10.4. The molecule has 78 valence electrons. The van der Waals surface area contributed by atoms with E-state index in [4.69, 9.17) is 25.5 Å². The molecule has 0 saturated carbocycles. The number of furan rings is 1. The predicted molar refractivity (Wildman–Crippen MR) is 50.6 cm³/mol. The Morgan fingerprint density at radius 3 is 2.87 bits per heavy atom. The maximum absolute atomic E-state index is 10.4. The number of aliphatic carboxylic acids is 1. The summed E-state index contributed by atoms with van der Waals surface area (Å²) in [6, 6.07) is 3.15. The maximum Gasteiger partial charge on any atom is 0.311 e. The van der Waals surface area contributed by atoms with Crippen molar-refractivity contribution in [2.45, 2.75) is 6.42 Å². The standard InChI is InChI=1S/C9H6ClNO4/c10-7-2-1-6(15-7)9-11-4-5(14-9)3-8(12)13/h1-2,4H,3H2,(H,12,13). The molecule has 2 aromatic heterocycles. The summed E-state index contributed by atoms with van der Waals surface area (Å²) < 4.78 is 10.2. The fourth-order valence-electron chi connectivity index (χ4n) is 1.08. The van der Waals surface area contributed by atoms with E-state index in [-0.39, 0.29) is 23.3 Å². The van der Waals surface area contributed by atoms with Crippen LogP contribution in [0.15, 0.2) is 27.2 Å². The molecule has 5 nitrogen and oxygen atoms in total. The van der Waals surface area contributed by atoms with Crippen LogP contribution in [0.25, 0.3) is 11.7 Å². The smallest absolute Gasteiger partial charge is 0.311 e. The van der Waals surface area contributed by atoms with Gasteiger partial charge in [-0.2, -0.15) is 0 Å². The second-order valence-electron chi connectivity index (χ2n) is 2.81. The third-order valence-electron chi connectivity index (χ3n) is 1.66. The first kappa shape index (κ1) is 9.79. The van der Waals surface area contributed by atoms with E-state index in [1.54, 1.807) is 12.1 Å². The first-order chi connectivity index (χ1) is 7.15. The quantitative estimate of drug-likeness (QED) is 0.870. The number of aromatic nitrogens is 1. The second kappa shape index (κ2) is 3.78. The first-order valence-corrected chi connectivity index (χ1v) is 4.45. The van der Waals surface area contributed by atoms with Crippen LogP contribution in [-0.2, 0) is 11.2 Å². The summed E-state index contributed by atoms with van der Waals surface area (Å²) in [6.07, 6.45) is 1.14. The highest BCUT2D eigenvalue weighted by Gasteiger charge is 2.12. The highest BCUT2D eigenvalue weighted by molar-refractivity contribution is 6.28. The number of rotatable bonds is 3. The summed E-state index contributed by atoms with van der Waals surface area (Å²) in [6.45, 7) is 0. The zero-order chi connectivity index (χ0) is 10.8. The largest absolute Gasteiger partial charge is 0.481 e. The number of hydrogen-bond acceptors (Lipinski definition) is 4. The fourth-order valence-corrected chi connectivity index (χ4v) is 1.23. The summed E-state index contributed by atoms with van der Waals surface area (Å²) in [5.41, 5.74) is 0. The molecule has 2 aromatic rings. The van der Waals surface area contributed by atoms with Crippen LogP contribution in [0.1, 0.15) is 5.76 Å². The number of hydrogen-bond donors (Lipinski definition) is 1. The minimum absolute atomic E-state index is 0.207. The predicted octanol–water partition coefficient (Wildman–Crippen LogP) is 2.22. The molecular weight excluding hydrogens is 222 g/mol. The van der Waals surface area contributed by atoms with Crippen LogP contribution in [0.5, 0.6) is 0 Å². The lowest BCUT2D eigenvalue weighted by molar-refractivity contribution is -0.136. The Morgan fingerprint density at radius 1 is 1.47 bits per heavy atom. The molecule has 1 N–H and O–H groups in total. The third kappa shape index (κ3) is 2.19. The Bertz CT molecular complexity index is 488. The van der Waals surface area contributed by atoms with E-state index in [0.717, 1.165) is 0 Å². The molecule has 0 bridgehead atoms. The minimum atomic E-state index is -0.977. The van der Waals surface area contributed by atoms with Gasteiger partial charge in [0, 0.05) is 0 Å². The van der Waals surface area contributed by atoms with Gasteiger partial charge in [0.25, 0.3) is 5.89 Å². The summed E-state index contributed by atoms with van der Waals surface area (Å²) >= 11 is 5.57. The van der Waals surface area contributed by atoms with Crippen LogP contribution < -0.4 is 0 Å². The molecule has 0 aliphatic rings. The Morgan fingerprint density at radius 2 is 2.27 bits per heavy atom. The van der Waals surface area contributed by atoms with Crippen molar-refractivity contribution < 1.29 is 18.7 Å². The lowest BCUT2D eigenvalue weighted by Crippen LogP contribution is -1.97. The van der Waals surface area contributed by atoms with Crippen molar-refractivity contribution >= 4 is 17.6 Å². The molecule has 0 unspecified atom stereocenters. The SMILES string of the molecule is O=C(O)Cc1cnc(-c2ccc(Cl)o2)o1. The number of halogens is 1. The highest BCUT2D eigenvalue weighted by Crippen LogP contribution is 2.24. The van der Waals surface area contributed by atoms with E-state index in [1.165, 1.54) is 6.20 Å². The van der Waals surface area contributed by atoms with Gasteiger partial charge in [0.1, 0.15) is 12.2 Å². The molecule has 0 aliphatic heterocycles. The average molecular weight is 228 g/mol. The molecule has 15 heavy (non-hydrogen) atoms. The zero-order valence-electron chi connectivity index (χ0n) is 7.44. The Balaban J connectivity index is 2.23. The van der Waals surface area contributed by atoms with E-state index < -0.39 is 5.97 Å². The monoisotopic (exact) mass is 227 g/mol. The first-order valence-electron chi connectivity index (χ1n) is 4.07. The van der Waals surface area contributed by atoms with Gasteiger partial charge in [0.05, 0.1) is 6.20 Å². The van der Waals surface area contributed by atoms with Crippen LogP contribution >= 0.6 is 11.6 Å². The molecule has 0 spiro atoms. The van der Waals surface area contributed by atoms with E-state index in [1.807, 2.05) is 0 Å². The molecule has 6 heteroatoms. The summed E-state index contributed by atoms with van der Waals surface area (Å²) in [5, 5.41) is 8.74. The van der Waals surface area contributed by atoms with Gasteiger partial charge in [0.15, 0.2) is 11.0 Å². The second-order valence-corrected chi connectivity index (χ2v) is 3.18. The third-order valence-corrected chi connectivity index (χ3v) is 1.87. The number of carboxylic acid groups (broad SMARTS) is 1. The van der Waals surface area contributed by atoms with E-state index in [9.17, 15) is 4.79 Å².